The maximum atomic E-state index is 13.1. The third kappa shape index (κ3) is 4.03. The molecule has 2 atom stereocenters. The molecule has 2 aliphatic rings. The number of hydrogen-bond acceptors (Lipinski definition) is 6. The minimum Gasteiger partial charge on any atom is -0.493 e. The van der Waals surface area contributed by atoms with Crippen LogP contribution in [0.2, 0.25) is 0 Å². The Morgan fingerprint density at radius 3 is 2.72 bits per heavy atom. The molecule has 0 aromatic heterocycles. The number of hydrogen-bond donors (Lipinski definition) is 2. The van der Waals surface area contributed by atoms with Crippen LogP contribution in [0.25, 0.3) is 0 Å². The Labute approximate surface area is 168 Å². The van der Waals surface area contributed by atoms with Crippen LogP contribution in [0, 0.1) is 5.92 Å². The monoisotopic (exact) mass is 403 g/mol. The van der Waals surface area contributed by atoms with Gasteiger partial charge in [0.1, 0.15) is 12.3 Å². The van der Waals surface area contributed by atoms with Gasteiger partial charge in [0.05, 0.1) is 6.61 Å². The highest BCUT2D eigenvalue weighted by Gasteiger charge is 2.55. The fourth-order valence-electron chi connectivity index (χ4n) is 3.38. The van der Waals surface area contributed by atoms with E-state index in [2.05, 4.69) is 10.6 Å². The van der Waals surface area contributed by atoms with Gasteiger partial charge < -0.3 is 20.1 Å². The van der Waals surface area contributed by atoms with Crippen molar-refractivity contribution < 1.29 is 28.7 Å². The van der Waals surface area contributed by atoms with Gasteiger partial charge in [-0.2, -0.15) is 0 Å². The number of fused-ring (bicyclic) bond motifs is 2. The average Bonchev–Trinajstić information content (AvgIpc) is 2.91. The molecule has 2 heterocycles. The fraction of sp³-hybridized carbons (Fsp3) is 0.500. The van der Waals surface area contributed by atoms with E-state index in [1.807, 2.05) is 13.8 Å². The zero-order valence-corrected chi connectivity index (χ0v) is 16.7. The van der Waals surface area contributed by atoms with Crippen molar-refractivity contribution in [3.63, 3.8) is 0 Å². The van der Waals surface area contributed by atoms with Gasteiger partial charge in [-0.1, -0.05) is 32.0 Å². The molecule has 2 N–H and O–H groups in total. The van der Waals surface area contributed by atoms with E-state index in [9.17, 15) is 19.2 Å². The standard InChI is InChI=1S/C20H25N3O6/c1-12(2)10-21-17(25)13(3)29-16(24)11-23-18(26)20(22-19(23)27)8-9-28-15-7-5-4-6-14(15)20/h4-7,12-13H,8-11H2,1-3H3,(H,21,25)(H,22,27)/t13-,20+/m0/s1. The van der Waals surface area contributed by atoms with E-state index in [1.165, 1.54) is 6.92 Å². The van der Waals surface area contributed by atoms with Crippen LogP contribution in [0.15, 0.2) is 24.3 Å². The zero-order chi connectivity index (χ0) is 21.2. The minimum atomic E-state index is -1.26. The van der Waals surface area contributed by atoms with Gasteiger partial charge >= 0.3 is 12.0 Å². The number of imide groups is 1. The first-order chi connectivity index (χ1) is 13.7. The van der Waals surface area contributed by atoms with Crippen LogP contribution in [-0.2, 0) is 24.7 Å². The van der Waals surface area contributed by atoms with E-state index in [0.29, 0.717) is 17.9 Å². The Hall–Kier alpha value is -3.10. The predicted octanol–water partition coefficient (Wildman–Crippen LogP) is 0.920. The summed E-state index contributed by atoms with van der Waals surface area (Å²) in [5.41, 5.74) is -0.700. The van der Waals surface area contributed by atoms with Crippen LogP contribution >= 0.6 is 0 Å². The van der Waals surface area contributed by atoms with Gasteiger partial charge in [-0.25, -0.2) is 4.79 Å². The summed E-state index contributed by atoms with van der Waals surface area (Å²) in [6.45, 7) is 5.47. The minimum absolute atomic E-state index is 0.256. The summed E-state index contributed by atoms with van der Waals surface area (Å²) in [5, 5.41) is 5.38. The van der Waals surface area contributed by atoms with Gasteiger partial charge in [-0.05, 0) is 18.9 Å². The Kier molecular flexibility index (Phi) is 5.76. The lowest BCUT2D eigenvalue weighted by Gasteiger charge is -2.33. The van der Waals surface area contributed by atoms with Gasteiger partial charge in [0.25, 0.3) is 11.8 Å². The molecule has 0 bridgehead atoms. The van der Waals surface area contributed by atoms with E-state index in [0.717, 1.165) is 4.90 Å². The normalized spacial score (nSPS) is 21.4. The van der Waals surface area contributed by atoms with Crippen molar-refractivity contribution in [1.82, 2.24) is 15.5 Å². The van der Waals surface area contributed by atoms with Crippen molar-refractivity contribution in [1.29, 1.82) is 0 Å². The first-order valence-corrected chi connectivity index (χ1v) is 9.58. The molecule has 1 fully saturated rings. The first kappa shape index (κ1) is 20.6. The number of carbonyl (C=O) groups is 4. The number of nitrogens with one attached hydrogen (secondary N) is 2. The maximum absolute atomic E-state index is 13.1. The topological polar surface area (TPSA) is 114 Å². The summed E-state index contributed by atoms with van der Waals surface area (Å²) in [6.07, 6.45) is -0.770. The molecule has 0 aliphatic carbocycles. The SMILES string of the molecule is CC(C)CNC(=O)[C@H](C)OC(=O)CN1C(=O)N[C@@]2(CCOc3ccccc32)C1=O. The quantitative estimate of drug-likeness (QED) is 0.539. The van der Waals surface area contributed by atoms with E-state index in [1.54, 1.807) is 24.3 Å². The van der Waals surface area contributed by atoms with E-state index < -0.39 is 42.0 Å². The number of rotatable bonds is 6. The molecule has 9 heteroatoms. The number of ether oxygens (including phenoxy) is 2. The van der Waals surface area contributed by atoms with Crippen LogP contribution in [-0.4, -0.2) is 54.5 Å². The molecule has 29 heavy (non-hydrogen) atoms. The molecule has 0 radical (unpaired) electrons. The molecule has 1 aromatic carbocycles. The van der Waals surface area contributed by atoms with Gasteiger partial charge in [-0.15, -0.1) is 0 Å². The third-order valence-electron chi connectivity index (χ3n) is 4.91. The molecule has 4 amide bonds. The highest BCUT2D eigenvalue weighted by Crippen LogP contribution is 2.40. The smallest absolute Gasteiger partial charge is 0.327 e. The Morgan fingerprint density at radius 2 is 2.00 bits per heavy atom. The zero-order valence-electron chi connectivity index (χ0n) is 16.7. The van der Waals surface area contributed by atoms with Crippen LogP contribution < -0.4 is 15.4 Å². The van der Waals surface area contributed by atoms with Crippen molar-refractivity contribution >= 4 is 23.8 Å². The lowest BCUT2D eigenvalue weighted by molar-refractivity contribution is -0.156. The molecular weight excluding hydrogens is 378 g/mol. The second-order valence-corrected chi connectivity index (χ2v) is 7.59. The number of nitrogens with zero attached hydrogens (tertiary/aromatic N) is 1. The Morgan fingerprint density at radius 1 is 1.28 bits per heavy atom. The highest BCUT2D eigenvalue weighted by molar-refractivity contribution is 6.09. The van der Waals surface area contributed by atoms with Crippen LogP contribution in [0.5, 0.6) is 5.75 Å². The molecule has 0 saturated carbocycles. The summed E-state index contributed by atoms with van der Waals surface area (Å²) in [6, 6.07) is 6.29. The van der Waals surface area contributed by atoms with Gasteiger partial charge in [0.15, 0.2) is 11.6 Å². The van der Waals surface area contributed by atoms with Crippen molar-refractivity contribution in [2.45, 2.75) is 38.8 Å². The second kappa shape index (κ2) is 8.10. The highest BCUT2D eigenvalue weighted by atomic mass is 16.5. The van der Waals surface area contributed by atoms with Gasteiger partial charge in [0, 0.05) is 18.5 Å². The molecule has 3 rings (SSSR count). The summed E-state index contributed by atoms with van der Waals surface area (Å²) >= 11 is 0. The maximum Gasteiger partial charge on any atom is 0.327 e. The molecule has 156 valence electrons. The van der Waals surface area contributed by atoms with Crippen molar-refractivity contribution in [2.24, 2.45) is 5.92 Å². The molecule has 1 aromatic rings. The predicted molar refractivity (Wildman–Crippen MR) is 102 cm³/mol. The van der Waals surface area contributed by atoms with E-state index >= 15 is 0 Å². The van der Waals surface area contributed by atoms with Crippen LogP contribution in [0.3, 0.4) is 0 Å². The Bertz CT molecular complexity index is 839. The van der Waals surface area contributed by atoms with Crippen LogP contribution in [0.1, 0.15) is 32.8 Å². The number of urea groups is 1. The number of para-hydroxylation sites is 1. The fourth-order valence-corrected chi connectivity index (χ4v) is 3.38. The van der Waals surface area contributed by atoms with Crippen molar-refractivity contribution in [3.8, 4) is 5.75 Å². The molecule has 2 aliphatic heterocycles. The number of carbonyl (C=O) groups excluding carboxylic acids is 4. The summed E-state index contributed by atoms with van der Waals surface area (Å²) in [7, 11) is 0. The van der Waals surface area contributed by atoms with Gasteiger partial charge in [-0.3, -0.25) is 19.3 Å². The average molecular weight is 403 g/mol. The van der Waals surface area contributed by atoms with Crippen molar-refractivity contribution in [3.05, 3.63) is 29.8 Å². The summed E-state index contributed by atoms with van der Waals surface area (Å²) < 4.78 is 10.7. The molecule has 9 nitrogen and oxygen atoms in total. The van der Waals surface area contributed by atoms with Crippen LogP contribution in [0.4, 0.5) is 4.79 Å². The second-order valence-electron chi connectivity index (χ2n) is 7.59. The van der Waals surface area contributed by atoms with E-state index in [4.69, 9.17) is 9.47 Å². The lowest BCUT2D eigenvalue weighted by Crippen LogP contribution is -2.48. The molecular formula is C20H25N3O6. The number of benzene rings is 1. The molecule has 0 unspecified atom stereocenters. The number of esters is 1. The molecule has 1 spiro atoms. The largest absolute Gasteiger partial charge is 0.493 e. The summed E-state index contributed by atoms with van der Waals surface area (Å²) in [4.78, 5) is 50.6. The van der Waals surface area contributed by atoms with Gasteiger partial charge in [0.2, 0.25) is 0 Å². The van der Waals surface area contributed by atoms with Crippen molar-refractivity contribution in [2.75, 3.05) is 19.7 Å². The summed E-state index contributed by atoms with van der Waals surface area (Å²) in [5.74, 6) is -1.03. The number of amides is 4. The first-order valence-electron chi connectivity index (χ1n) is 9.58. The Balaban J connectivity index is 1.67. The van der Waals surface area contributed by atoms with E-state index in [-0.39, 0.29) is 18.9 Å². The molecule has 1 saturated heterocycles. The lowest BCUT2D eigenvalue weighted by atomic mass is 9.84. The third-order valence-corrected chi connectivity index (χ3v) is 4.91.